The molecule has 1 fully saturated rings. The SMILES string of the molecule is Cl.OC1(c2ccc(F)cc2)CCN(CCCOc2ccc(F)cc2)CC1. The van der Waals surface area contributed by atoms with Gasteiger partial charge in [0.2, 0.25) is 0 Å². The Balaban J connectivity index is 0.00000243. The minimum atomic E-state index is -0.866. The van der Waals surface area contributed by atoms with Gasteiger partial charge in [-0.05, 0) is 61.2 Å². The molecule has 142 valence electrons. The van der Waals surface area contributed by atoms with Gasteiger partial charge in [0, 0.05) is 19.6 Å². The van der Waals surface area contributed by atoms with Crippen LogP contribution in [-0.2, 0) is 5.60 Å². The van der Waals surface area contributed by atoms with Gasteiger partial charge in [-0.15, -0.1) is 12.4 Å². The smallest absolute Gasteiger partial charge is 0.123 e. The molecule has 0 saturated carbocycles. The number of hydrogen-bond donors (Lipinski definition) is 1. The van der Waals surface area contributed by atoms with Crippen molar-refractivity contribution in [1.29, 1.82) is 0 Å². The van der Waals surface area contributed by atoms with Gasteiger partial charge in [0.05, 0.1) is 12.2 Å². The maximum atomic E-state index is 13.0. The molecule has 1 aliphatic rings. The first-order valence-electron chi connectivity index (χ1n) is 8.64. The molecule has 1 N–H and O–H groups in total. The molecule has 26 heavy (non-hydrogen) atoms. The summed E-state index contributed by atoms with van der Waals surface area (Å²) in [4.78, 5) is 2.30. The Bertz CT molecular complexity index is 671. The fourth-order valence-corrected chi connectivity index (χ4v) is 3.20. The summed E-state index contributed by atoms with van der Waals surface area (Å²) in [6.45, 7) is 3.06. The highest BCUT2D eigenvalue weighted by Gasteiger charge is 2.33. The lowest BCUT2D eigenvalue weighted by atomic mass is 9.84. The summed E-state index contributed by atoms with van der Waals surface area (Å²) in [6, 6.07) is 12.1. The lowest BCUT2D eigenvalue weighted by Crippen LogP contribution is -2.43. The van der Waals surface area contributed by atoms with Crippen LogP contribution < -0.4 is 4.74 Å². The van der Waals surface area contributed by atoms with Crippen molar-refractivity contribution in [2.45, 2.75) is 24.9 Å². The van der Waals surface area contributed by atoms with Crippen LogP contribution in [0.3, 0.4) is 0 Å². The maximum Gasteiger partial charge on any atom is 0.123 e. The first kappa shape index (κ1) is 20.6. The first-order chi connectivity index (χ1) is 12.0. The second-order valence-corrected chi connectivity index (χ2v) is 6.54. The molecule has 0 amide bonds. The largest absolute Gasteiger partial charge is 0.494 e. The van der Waals surface area contributed by atoms with Gasteiger partial charge in [-0.2, -0.15) is 0 Å². The molecule has 3 nitrogen and oxygen atoms in total. The number of rotatable bonds is 6. The van der Waals surface area contributed by atoms with Gasteiger partial charge in [0.15, 0.2) is 0 Å². The van der Waals surface area contributed by atoms with E-state index in [1.165, 1.54) is 24.3 Å². The van der Waals surface area contributed by atoms with E-state index in [0.29, 0.717) is 25.2 Å². The quantitative estimate of drug-likeness (QED) is 0.761. The van der Waals surface area contributed by atoms with Gasteiger partial charge in [-0.1, -0.05) is 12.1 Å². The van der Waals surface area contributed by atoms with Crippen LogP contribution in [0.15, 0.2) is 48.5 Å². The highest BCUT2D eigenvalue weighted by atomic mass is 35.5. The first-order valence-corrected chi connectivity index (χ1v) is 8.64. The van der Waals surface area contributed by atoms with E-state index in [-0.39, 0.29) is 24.0 Å². The molecule has 1 saturated heterocycles. The molecular weight excluding hydrogens is 360 g/mol. The average molecular weight is 384 g/mol. The predicted molar refractivity (Wildman–Crippen MR) is 99.7 cm³/mol. The number of aliphatic hydroxyl groups is 1. The zero-order valence-electron chi connectivity index (χ0n) is 14.5. The van der Waals surface area contributed by atoms with Gasteiger partial charge in [0.1, 0.15) is 17.4 Å². The average Bonchev–Trinajstić information content (AvgIpc) is 2.62. The zero-order valence-corrected chi connectivity index (χ0v) is 15.4. The summed E-state index contributed by atoms with van der Waals surface area (Å²) in [5, 5.41) is 10.8. The normalized spacial score (nSPS) is 16.7. The van der Waals surface area contributed by atoms with Gasteiger partial charge in [0.25, 0.3) is 0 Å². The van der Waals surface area contributed by atoms with E-state index in [9.17, 15) is 13.9 Å². The lowest BCUT2D eigenvalue weighted by Gasteiger charge is -2.38. The second kappa shape index (κ2) is 9.31. The van der Waals surface area contributed by atoms with Crippen LogP contribution in [0.4, 0.5) is 8.78 Å². The number of likely N-dealkylation sites (tertiary alicyclic amines) is 1. The maximum absolute atomic E-state index is 13.0. The van der Waals surface area contributed by atoms with E-state index in [4.69, 9.17) is 4.74 Å². The van der Waals surface area contributed by atoms with Crippen LogP contribution in [0, 0.1) is 11.6 Å². The second-order valence-electron chi connectivity index (χ2n) is 6.54. The van der Waals surface area contributed by atoms with E-state index in [2.05, 4.69) is 4.90 Å². The van der Waals surface area contributed by atoms with Crippen molar-refractivity contribution >= 4 is 12.4 Å². The summed E-state index contributed by atoms with van der Waals surface area (Å²) in [5.41, 5.74) is -0.0809. The van der Waals surface area contributed by atoms with Crippen molar-refractivity contribution in [3.63, 3.8) is 0 Å². The highest BCUT2D eigenvalue weighted by molar-refractivity contribution is 5.85. The number of halogens is 3. The van der Waals surface area contributed by atoms with Crippen molar-refractivity contribution in [1.82, 2.24) is 4.90 Å². The van der Waals surface area contributed by atoms with E-state index in [1.54, 1.807) is 24.3 Å². The molecule has 1 aliphatic heterocycles. The molecule has 0 bridgehead atoms. The topological polar surface area (TPSA) is 32.7 Å². The van der Waals surface area contributed by atoms with Crippen molar-refractivity contribution < 1.29 is 18.6 Å². The van der Waals surface area contributed by atoms with Crippen LogP contribution >= 0.6 is 12.4 Å². The van der Waals surface area contributed by atoms with Crippen molar-refractivity contribution in [2.24, 2.45) is 0 Å². The molecule has 0 unspecified atom stereocenters. The zero-order chi connectivity index (χ0) is 17.7. The van der Waals surface area contributed by atoms with Crippen LogP contribution in [0.1, 0.15) is 24.8 Å². The number of hydrogen-bond acceptors (Lipinski definition) is 3. The van der Waals surface area contributed by atoms with Crippen molar-refractivity contribution in [3.8, 4) is 5.75 Å². The summed E-state index contributed by atoms with van der Waals surface area (Å²) in [5.74, 6) is 0.117. The Morgan fingerprint density at radius 2 is 1.46 bits per heavy atom. The molecule has 2 aromatic carbocycles. The Hall–Kier alpha value is -1.69. The van der Waals surface area contributed by atoms with Crippen LogP contribution in [0.5, 0.6) is 5.75 Å². The molecule has 0 spiro atoms. The van der Waals surface area contributed by atoms with Crippen molar-refractivity contribution in [2.75, 3.05) is 26.2 Å². The molecule has 0 radical (unpaired) electrons. The summed E-state index contributed by atoms with van der Waals surface area (Å²) >= 11 is 0. The summed E-state index contributed by atoms with van der Waals surface area (Å²) < 4.78 is 31.5. The highest BCUT2D eigenvalue weighted by Crippen LogP contribution is 2.32. The van der Waals surface area contributed by atoms with Gasteiger partial charge < -0.3 is 14.7 Å². The van der Waals surface area contributed by atoms with Crippen LogP contribution in [0.2, 0.25) is 0 Å². The molecule has 3 rings (SSSR count). The van der Waals surface area contributed by atoms with E-state index >= 15 is 0 Å². The molecule has 0 aliphatic carbocycles. The van der Waals surface area contributed by atoms with Gasteiger partial charge in [-0.3, -0.25) is 0 Å². The van der Waals surface area contributed by atoms with Gasteiger partial charge in [-0.25, -0.2) is 8.78 Å². The summed E-state index contributed by atoms with van der Waals surface area (Å²) in [6.07, 6.45) is 2.14. The Kier molecular flexibility index (Phi) is 7.38. The molecule has 6 heteroatoms. The Morgan fingerprint density at radius 1 is 0.923 bits per heavy atom. The molecular formula is C20H24ClF2NO2. The summed E-state index contributed by atoms with van der Waals surface area (Å²) in [7, 11) is 0. The third-order valence-electron chi connectivity index (χ3n) is 4.77. The van der Waals surface area contributed by atoms with Gasteiger partial charge >= 0.3 is 0 Å². The third-order valence-corrected chi connectivity index (χ3v) is 4.77. The number of piperidine rings is 1. The monoisotopic (exact) mass is 383 g/mol. The molecule has 2 aromatic rings. The minimum absolute atomic E-state index is 0. The number of benzene rings is 2. The molecule has 1 heterocycles. The van der Waals surface area contributed by atoms with Crippen LogP contribution in [0.25, 0.3) is 0 Å². The Morgan fingerprint density at radius 3 is 2.04 bits per heavy atom. The Labute approximate surface area is 159 Å². The predicted octanol–water partition coefficient (Wildman–Crippen LogP) is 4.14. The molecule has 0 aromatic heterocycles. The fraction of sp³-hybridized carbons (Fsp3) is 0.400. The van der Waals surface area contributed by atoms with Crippen molar-refractivity contribution in [3.05, 3.63) is 65.7 Å². The lowest BCUT2D eigenvalue weighted by molar-refractivity contribution is -0.0265. The van der Waals surface area contributed by atoms with E-state index in [1.807, 2.05) is 0 Å². The number of nitrogens with zero attached hydrogens (tertiary/aromatic N) is 1. The minimum Gasteiger partial charge on any atom is -0.494 e. The van der Waals surface area contributed by atoms with E-state index in [0.717, 1.165) is 31.6 Å². The fourth-order valence-electron chi connectivity index (χ4n) is 3.20. The van der Waals surface area contributed by atoms with E-state index < -0.39 is 5.60 Å². The number of ether oxygens (including phenoxy) is 1. The standard InChI is InChI=1S/C20H23F2NO2.ClH/c21-17-4-2-16(3-5-17)20(24)10-13-23(14-11-20)12-1-15-25-19-8-6-18(22)7-9-19;/h2-9,24H,1,10-15H2;1H. The molecule has 0 atom stereocenters. The van der Waals surface area contributed by atoms with Crippen LogP contribution in [-0.4, -0.2) is 36.2 Å². The third kappa shape index (κ3) is 5.40.